The molecule has 150 valence electrons. The van der Waals surface area contributed by atoms with Crippen LogP contribution in [0.1, 0.15) is 42.9 Å². The maximum absolute atomic E-state index is 12.7. The Bertz CT molecular complexity index is 730. The second-order valence-corrected chi connectivity index (χ2v) is 7.05. The molecule has 1 saturated heterocycles. The number of alkyl halides is 2. The first-order valence-electron chi connectivity index (χ1n) is 9.73. The van der Waals surface area contributed by atoms with Gasteiger partial charge in [0.1, 0.15) is 5.75 Å². The smallest absolute Gasteiger partial charge is 0.387 e. The minimum Gasteiger partial charge on any atom is -0.435 e. The van der Waals surface area contributed by atoms with E-state index in [0.29, 0.717) is 6.54 Å². The van der Waals surface area contributed by atoms with Crippen LogP contribution >= 0.6 is 0 Å². The molecule has 3 rings (SSSR count). The van der Waals surface area contributed by atoms with Crippen LogP contribution in [0.5, 0.6) is 5.75 Å². The molecular weight excluding hydrogens is 362 g/mol. The predicted octanol–water partition coefficient (Wildman–Crippen LogP) is 4.37. The molecule has 1 aliphatic rings. The van der Waals surface area contributed by atoms with Gasteiger partial charge in [0.05, 0.1) is 12.6 Å². The SMILES string of the molecule is O=C(CN1CCCCCC1)N[C@@H](c1ccccc1)c1ccc(OC(F)F)cc1. The summed E-state index contributed by atoms with van der Waals surface area (Å²) < 4.78 is 29.2. The van der Waals surface area contributed by atoms with Crippen molar-refractivity contribution >= 4 is 5.91 Å². The number of rotatable bonds is 7. The number of halogens is 2. The molecule has 1 atom stereocenters. The number of hydrogen-bond acceptors (Lipinski definition) is 3. The lowest BCUT2D eigenvalue weighted by Crippen LogP contribution is -2.39. The van der Waals surface area contributed by atoms with Gasteiger partial charge < -0.3 is 10.1 Å². The minimum absolute atomic E-state index is 0.0383. The van der Waals surface area contributed by atoms with Gasteiger partial charge >= 0.3 is 6.61 Å². The molecule has 0 spiro atoms. The van der Waals surface area contributed by atoms with Crippen LogP contribution in [0.4, 0.5) is 8.78 Å². The molecule has 0 unspecified atom stereocenters. The minimum atomic E-state index is -2.86. The van der Waals surface area contributed by atoms with Gasteiger partial charge in [0.25, 0.3) is 0 Å². The average Bonchev–Trinajstić information content (AvgIpc) is 2.96. The van der Waals surface area contributed by atoms with Crippen molar-refractivity contribution in [3.05, 3.63) is 65.7 Å². The molecular formula is C22H26F2N2O2. The van der Waals surface area contributed by atoms with Gasteiger partial charge in [-0.1, -0.05) is 55.3 Å². The molecule has 1 N–H and O–H groups in total. The van der Waals surface area contributed by atoms with Crippen molar-refractivity contribution in [1.29, 1.82) is 0 Å². The van der Waals surface area contributed by atoms with Crippen LogP contribution in [0.2, 0.25) is 0 Å². The summed E-state index contributed by atoms with van der Waals surface area (Å²) >= 11 is 0. The lowest BCUT2D eigenvalue weighted by atomic mass is 9.98. The predicted molar refractivity (Wildman–Crippen MR) is 104 cm³/mol. The first-order chi connectivity index (χ1) is 13.6. The molecule has 0 bridgehead atoms. The molecule has 28 heavy (non-hydrogen) atoms. The second-order valence-electron chi connectivity index (χ2n) is 7.05. The Hall–Kier alpha value is -2.47. The highest BCUT2D eigenvalue weighted by molar-refractivity contribution is 5.79. The third-order valence-electron chi connectivity index (χ3n) is 4.94. The summed E-state index contributed by atoms with van der Waals surface area (Å²) in [5, 5.41) is 3.11. The van der Waals surface area contributed by atoms with Crippen LogP contribution in [0, 0.1) is 0 Å². The lowest BCUT2D eigenvalue weighted by molar-refractivity contribution is -0.122. The number of carbonyl (C=O) groups excluding carboxylic acids is 1. The van der Waals surface area contributed by atoms with Crippen LogP contribution in [0.15, 0.2) is 54.6 Å². The van der Waals surface area contributed by atoms with E-state index in [1.165, 1.54) is 25.0 Å². The maximum atomic E-state index is 12.7. The molecule has 0 aliphatic carbocycles. The molecule has 0 radical (unpaired) electrons. The van der Waals surface area contributed by atoms with E-state index in [-0.39, 0.29) is 17.7 Å². The number of hydrogen-bond donors (Lipinski definition) is 1. The number of nitrogens with zero attached hydrogens (tertiary/aromatic N) is 1. The summed E-state index contributed by atoms with van der Waals surface area (Å²) in [6, 6.07) is 15.7. The Labute approximate surface area is 164 Å². The quantitative estimate of drug-likeness (QED) is 0.766. The van der Waals surface area contributed by atoms with Crippen molar-refractivity contribution in [3.63, 3.8) is 0 Å². The third kappa shape index (κ3) is 6.02. The topological polar surface area (TPSA) is 41.6 Å². The molecule has 1 fully saturated rings. The Morgan fingerprint density at radius 3 is 2.14 bits per heavy atom. The maximum Gasteiger partial charge on any atom is 0.387 e. The van der Waals surface area contributed by atoms with Crippen LogP contribution < -0.4 is 10.1 Å². The first-order valence-corrected chi connectivity index (χ1v) is 9.73. The molecule has 0 aromatic heterocycles. The van der Waals surface area contributed by atoms with E-state index in [4.69, 9.17) is 0 Å². The highest BCUT2D eigenvalue weighted by Gasteiger charge is 2.19. The molecule has 0 saturated carbocycles. The van der Waals surface area contributed by atoms with E-state index in [9.17, 15) is 13.6 Å². The Kier molecular flexibility index (Phi) is 7.37. The lowest BCUT2D eigenvalue weighted by Gasteiger charge is -2.24. The van der Waals surface area contributed by atoms with Crippen molar-refractivity contribution in [2.75, 3.05) is 19.6 Å². The van der Waals surface area contributed by atoms with Crippen molar-refractivity contribution in [2.45, 2.75) is 38.3 Å². The Morgan fingerprint density at radius 1 is 0.929 bits per heavy atom. The van der Waals surface area contributed by atoms with Crippen molar-refractivity contribution < 1.29 is 18.3 Å². The van der Waals surface area contributed by atoms with Crippen molar-refractivity contribution in [3.8, 4) is 5.75 Å². The number of amides is 1. The fraction of sp³-hybridized carbons (Fsp3) is 0.409. The largest absolute Gasteiger partial charge is 0.435 e. The normalized spacial score (nSPS) is 16.4. The molecule has 4 nitrogen and oxygen atoms in total. The fourth-order valence-electron chi connectivity index (χ4n) is 3.55. The van der Waals surface area contributed by atoms with Gasteiger partial charge in [-0.3, -0.25) is 9.69 Å². The van der Waals surface area contributed by atoms with Gasteiger partial charge in [-0.15, -0.1) is 0 Å². The zero-order valence-electron chi connectivity index (χ0n) is 15.8. The number of likely N-dealkylation sites (tertiary alicyclic amines) is 1. The summed E-state index contributed by atoms with van der Waals surface area (Å²) in [6.07, 6.45) is 4.69. The van der Waals surface area contributed by atoms with Crippen molar-refractivity contribution in [1.82, 2.24) is 10.2 Å². The van der Waals surface area contributed by atoms with E-state index in [1.807, 2.05) is 30.3 Å². The summed E-state index contributed by atoms with van der Waals surface area (Å²) in [5.41, 5.74) is 1.76. The summed E-state index contributed by atoms with van der Waals surface area (Å²) in [4.78, 5) is 14.9. The summed E-state index contributed by atoms with van der Waals surface area (Å²) in [6.45, 7) is -0.591. The zero-order chi connectivity index (χ0) is 19.8. The van der Waals surface area contributed by atoms with Gasteiger partial charge in [-0.2, -0.15) is 8.78 Å². The molecule has 6 heteroatoms. The average molecular weight is 388 g/mol. The molecule has 1 heterocycles. The number of benzene rings is 2. The van der Waals surface area contributed by atoms with Crippen molar-refractivity contribution in [2.24, 2.45) is 0 Å². The molecule has 2 aromatic rings. The zero-order valence-corrected chi connectivity index (χ0v) is 15.8. The monoisotopic (exact) mass is 388 g/mol. The van der Waals surface area contributed by atoms with Gasteiger partial charge in [-0.25, -0.2) is 0 Å². The number of carbonyl (C=O) groups is 1. The highest BCUT2D eigenvalue weighted by atomic mass is 19.3. The van der Waals surface area contributed by atoms with E-state index in [1.54, 1.807) is 12.1 Å². The van der Waals surface area contributed by atoms with Gasteiger partial charge in [0.15, 0.2) is 0 Å². The van der Waals surface area contributed by atoms with E-state index in [2.05, 4.69) is 15.0 Å². The highest BCUT2D eigenvalue weighted by Crippen LogP contribution is 2.25. The van der Waals surface area contributed by atoms with E-state index in [0.717, 1.165) is 37.1 Å². The van der Waals surface area contributed by atoms with E-state index < -0.39 is 6.61 Å². The fourth-order valence-corrected chi connectivity index (χ4v) is 3.55. The van der Waals surface area contributed by atoms with Gasteiger partial charge in [-0.05, 0) is 49.2 Å². The number of ether oxygens (including phenoxy) is 1. The first kappa shape index (κ1) is 20.3. The van der Waals surface area contributed by atoms with Crippen LogP contribution in [0.25, 0.3) is 0 Å². The molecule has 2 aromatic carbocycles. The van der Waals surface area contributed by atoms with Gasteiger partial charge in [0, 0.05) is 0 Å². The number of nitrogens with one attached hydrogen (secondary N) is 1. The van der Waals surface area contributed by atoms with Crippen LogP contribution in [-0.2, 0) is 4.79 Å². The standard InChI is InChI=1S/C22H26F2N2O2/c23-22(24)28-19-12-10-18(11-13-19)21(17-8-4-3-5-9-17)25-20(27)16-26-14-6-1-2-7-15-26/h3-5,8-13,21-22H,1-2,6-7,14-16H2,(H,25,27)/t21-/m0/s1. The van der Waals surface area contributed by atoms with E-state index >= 15 is 0 Å². The second kappa shape index (κ2) is 10.2. The molecule has 1 amide bonds. The summed E-state index contributed by atoms with van der Waals surface area (Å²) in [5.74, 6) is 0.0603. The Balaban J connectivity index is 1.73. The molecule has 1 aliphatic heterocycles. The summed E-state index contributed by atoms with van der Waals surface area (Å²) in [7, 11) is 0. The van der Waals surface area contributed by atoms with Gasteiger partial charge in [0.2, 0.25) is 5.91 Å². The van der Waals surface area contributed by atoms with Crippen LogP contribution in [-0.4, -0.2) is 37.1 Å². The third-order valence-corrected chi connectivity index (χ3v) is 4.94. The van der Waals surface area contributed by atoms with Crippen LogP contribution in [0.3, 0.4) is 0 Å². The Morgan fingerprint density at radius 2 is 1.54 bits per heavy atom.